The van der Waals surface area contributed by atoms with Crippen molar-refractivity contribution in [2.45, 2.75) is 46.1 Å². The maximum atomic E-state index is 5.88. The van der Waals surface area contributed by atoms with Gasteiger partial charge in [-0.15, -0.1) is 0 Å². The minimum absolute atomic E-state index is 0.604. The predicted octanol–water partition coefficient (Wildman–Crippen LogP) is 3.81. The van der Waals surface area contributed by atoms with E-state index in [1.165, 1.54) is 30.5 Å². The van der Waals surface area contributed by atoms with Gasteiger partial charge < -0.3 is 11.1 Å². The summed E-state index contributed by atoms with van der Waals surface area (Å²) in [5, 5.41) is 3.65. The van der Waals surface area contributed by atoms with Gasteiger partial charge in [0.25, 0.3) is 0 Å². The van der Waals surface area contributed by atoms with Crippen molar-refractivity contribution in [1.82, 2.24) is 0 Å². The Kier molecular flexibility index (Phi) is 3.60. The molecular formula is C15H24N2. The van der Waals surface area contributed by atoms with Gasteiger partial charge in [-0.05, 0) is 61.8 Å². The second-order valence-electron chi connectivity index (χ2n) is 5.78. The van der Waals surface area contributed by atoms with E-state index in [9.17, 15) is 0 Å². The van der Waals surface area contributed by atoms with Crippen LogP contribution in [0.25, 0.3) is 0 Å². The molecule has 1 aromatic rings. The molecule has 2 rings (SSSR count). The first-order valence-corrected chi connectivity index (χ1v) is 6.68. The lowest BCUT2D eigenvalue weighted by Crippen LogP contribution is -2.33. The van der Waals surface area contributed by atoms with Crippen molar-refractivity contribution in [3.63, 3.8) is 0 Å². The molecule has 0 aromatic heterocycles. The van der Waals surface area contributed by atoms with Crippen LogP contribution in [0.2, 0.25) is 0 Å². The summed E-state index contributed by atoms with van der Waals surface area (Å²) in [5.74, 6) is 1.63. The number of hydrogen-bond acceptors (Lipinski definition) is 2. The monoisotopic (exact) mass is 232 g/mol. The van der Waals surface area contributed by atoms with Gasteiger partial charge in [0.1, 0.15) is 0 Å². The van der Waals surface area contributed by atoms with Crippen molar-refractivity contribution >= 4 is 11.4 Å². The number of rotatable bonds is 2. The Hall–Kier alpha value is -1.18. The minimum atomic E-state index is 0.604. The highest BCUT2D eigenvalue weighted by atomic mass is 14.9. The first-order chi connectivity index (χ1) is 8.04. The van der Waals surface area contributed by atoms with Crippen LogP contribution in [0, 0.1) is 18.8 Å². The van der Waals surface area contributed by atoms with Gasteiger partial charge in [0, 0.05) is 17.4 Å². The van der Waals surface area contributed by atoms with E-state index in [4.69, 9.17) is 5.73 Å². The van der Waals surface area contributed by atoms with Crippen molar-refractivity contribution in [3.8, 4) is 0 Å². The topological polar surface area (TPSA) is 38.0 Å². The number of anilines is 2. The largest absolute Gasteiger partial charge is 0.399 e. The Morgan fingerprint density at radius 3 is 2.59 bits per heavy atom. The number of benzene rings is 1. The molecule has 0 saturated heterocycles. The first kappa shape index (κ1) is 12.3. The Morgan fingerprint density at radius 1 is 1.18 bits per heavy atom. The van der Waals surface area contributed by atoms with Gasteiger partial charge in [0.15, 0.2) is 0 Å². The second-order valence-corrected chi connectivity index (χ2v) is 5.78. The highest BCUT2D eigenvalue weighted by molar-refractivity contribution is 5.57. The van der Waals surface area contributed by atoms with Gasteiger partial charge >= 0.3 is 0 Å². The van der Waals surface area contributed by atoms with Crippen molar-refractivity contribution in [1.29, 1.82) is 0 Å². The molecule has 0 amide bonds. The molecule has 3 N–H and O–H groups in total. The van der Waals surface area contributed by atoms with E-state index in [2.05, 4.69) is 32.2 Å². The zero-order valence-electron chi connectivity index (χ0n) is 11.2. The van der Waals surface area contributed by atoms with E-state index in [1.54, 1.807) is 0 Å². The Balaban J connectivity index is 2.05. The molecule has 1 aliphatic carbocycles. The van der Waals surface area contributed by atoms with Crippen LogP contribution in [-0.4, -0.2) is 6.04 Å². The zero-order valence-corrected chi connectivity index (χ0v) is 11.2. The van der Waals surface area contributed by atoms with Crippen LogP contribution in [0.1, 0.15) is 38.7 Å². The fraction of sp³-hybridized carbons (Fsp3) is 0.600. The van der Waals surface area contributed by atoms with E-state index in [1.807, 2.05) is 12.1 Å². The van der Waals surface area contributed by atoms with Crippen molar-refractivity contribution < 1.29 is 0 Å². The standard InChI is InChI=1S/C15H24N2/c1-10-4-5-15(12(3)6-10)17-14-8-11(2)7-13(16)9-14/h7-10,12,15,17H,4-6,16H2,1-3H3. The summed E-state index contributed by atoms with van der Waals surface area (Å²) in [4.78, 5) is 0. The molecule has 17 heavy (non-hydrogen) atoms. The highest BCUT2D eigenvalue weighted by Crippen LogP contribution is 2.31. The minimum Gasteiger partial charge on any atom is -0.399 e. The third kappa shape index (κ3) is 3.15. The molecule has 0 spiro atoms. The molecule has 94 valence electrons. The number of nitrogen functional groups attached to an aromatic ring is 1. The quantitative estimate of drug-likeness (QED) is 0.761. The molecular weight excluding hydrogens is 208 g/mol. The molecule has 0 aliphatic heterocycles. The fourth-order valence-corrected chi connectivity index (χ4v) is 2.99. The summed E-state index contributed by atoms with van der Waals surface area (Å²) in [7, 11) is 0. The van der Waals surface area contributed by atoms with Crippen LogP contribution in [-0.2, 0) is 0 Å². The van der Waals surface area contributed by atoms with E-state index in [-0.39, 0.29) is 0 Å². The molecule has 0 bridgehead atoms. The summed E-state index contributed by atoms with van der Waals surface area (Å²) in [6.45, 7) is 6.80. The summed E-state index contributed by atoms with van der Waals surface area (Å²) >= 11 is 0. The van der Waals surface area contributed by atoms with Crippen LogP contribution < -0.4 is 11.1 Å². The van der Waals surface area contributed by atoms with Gasteiger partial charge in [0.05, 0.1) is 0 Å². The molecule has 2 heteroatoms. The highest BCUT2D eigenvalue weighted by Gasteiger charge is 2.25. The molecule has 2 nitrogen and oxygen atoms in total. The molecule has 1 fully saturated rings. The first-order valence-electron chi connectivity index (χ1n) is 6.68. The summed E-state index contributed by atoms with van der Waals surface area (Å²) < 4.78 is 0. The summed E-state index contributed by atoms with van der Waals surface area (Å²) in [6.07, 6.45) is 3.94. The van der Waals surface area contributed by atoms with Crippen molar-refractivity contribution in [2.75, 3.05) is 11.1 Å². The Morgan fingerprint density at radius 2 is 1.94 bits per heavy atom. The zero-order chi connectivity index (χ0) is 12.4. The molecule has 3 atom stereocenters. The van der Waals surface area contributed by atoms with Crippen molar-refractivity contribution in [3.05, 3.63) is 23.8 Å². The van der Waals surface area contributed by atoms with E-state index in [0.717, 1.165) is 17.5 Å². The lowest BCUT2D eigenvalue weighted by molar-refractivity contribution is 0.276. The van der Waals surface area contributed by atoms with Gasteiger partial charge in [-0.1, -0.05) is 13.8 Å². The number of nitrogens with one attached hydrogen (secondary N) is 1. The van der Waals surface area contributed by atoms with Crippen LogP contribution in [0.4, 0.5) is 11.4 Å². The number of hydrogen-bond donors (Lipinski definition) is 2. The van der Waals surface area contributed by atoms with Crippen molar-refractivity contribution in [2.24, 2.45) is 11.8 Å². The average molecular weight is 232 g/mol. The van der Waals surface area contributed by atoms with Crippen LogP contribution >= 0.6 is 0 Å². The lowest BCUT2D eigenvalue weighted by Gasteiger charge is -2.34. The van der Waals surface area contributed by atoms with Crippen LogP contribution in [0.3, 0.4) is 0 Å². The maximum Gasteiger partial charge on any atom is 0.0365 e. The number of aryl methyl sites for hydroxylation is 1. The Bertz CT molecular complexity index is 366. The third-order valence-corrected chi connectivity index (χ3v) is 3.88. The predicted molar refractivity (Wildman–Crippen MR) is 75.2 cm³/mol. The van der Waals surface area contributed by atoms with Crippen LogP contribution in [0.15, 0.2) is 18.2 Å². The molecule has 1 aliphatic rings. The molecule has 0 radical (unpaired) electrons. The van der Waals surface area contributed by atoms with E-state index in [0.29, 0.717) is 6.04 Å². The summed E-state index contributed by atoms with van der Waals surface area (Å²) in [5.41, 5.74) is 9.13. The average Bonchev–Trinajstić information content (AvgIpc) is 2.21. The second kappa shape index (κ2) is 4.99. The van der Waals surface area contributed by atoms with Crippen LogP contribution in [0.5, 0.6) is 0 Å². The maximum absolute atomic E-state index is 5.88. The summed E-state index contributed by atoms with van der Waals surface area (Å²) in [6, 6.07) is 6.84. The molecule has 1 aromatic carbocycles. The molecule has 0 heterocycles. The van der Waals surface area contributed by atoms with E-state index >= 15 is 0 Å². The van der Waals surface area contributed by atoms with Gasteiger partial charge in [-0.3, -0.25) is 0 Å². The third-order valence-electron chi connectivity index (χ3n) is 3.88. The molecule has 3 unspecified atom stereocenters. The van der Waals surface area contributed by atoms with Gasteiger partial charge in [-0.25, -0.2) is 0 Å². The lowest BCUT2D eigenvalue weighted by atomic mass is 9.80. The Labute approximate surface area is 105 Å². The van der Waals surface area contributed by atoms with Gasteiger partial charge in [-0.2, -0.15) is 0 Å². The molecule has 1 saturated carbocycles. The van der Waals surface area contributed by atoms with E-state index < -0.39 is 0 Å². The normalized spacial score (nSPS) is 29.0. The van der Waals surface area contributed by atoms with Gasteiger partial charge in [0.2, 0.25) is 0 Å². The SMILES string of the molecule is Cc1cc(N)cc(NC2CCC(C)CC2C)c1. The number of nitrogens with two attached hydrogens (primary N) is 1. The smallest absolute Gasteiger partial charge is 0.0365 e. The fourth-order valence-electron chi connectivity index (χ4n) is 2.99.